The molecule has 0 aliphatic rings. The van der Waals surface area contributed by atoms with Crippen molar-refractivity contribution < 1.29 is 23.5 Å². The number of unbranched alkanes of at least 4 members (excludes halogenated alkanes) is 1. The van der Waals surface area contributed by atoms with Crippen LogP contribution in [0.4, 0.5) is 0 Å². The van der Waals surface area contributed by atoms with E-state index in [1.807, 2.05) is 68.4 Å². The van der Waals surface area contributed by atoms with Gasteiger partial charge in [0.15, 0.2) is 11.5 Å². The van der Waals surface area contributed by atoms with Crippen molar-refractivity contribution >= 4 is 11.8 Å². The third-order valence-electron chi connectivity index (χ3n) is 6.31. The Bertz CT molecular complexity index is 1170. The van der Waals surface area contributed by atoms with Gasteiger partial charge in [-0.05, 0) is 68.7 Å². The summed E-state index contributed by atoms with van der Waals surface area (Å²) in [5.41, 5.74) is 2.69. The molecule has 0 radical (unpaired) electrons. The fourth-order valence-electron chi connectivity index (χ4n) is 4.09. The predicted octanol–water partition coefficient (Wildman–Crippen LogP) is 5.43. The molecule has 7 heteroatoms. The molecule has 2 aromatic carbocycles. The number of carbonyl (C=O) groups excluding carboxylic acids is 2. The molecule has 37 heavy (non-hydrogen) atoms. The molecular formula is C30H38N2O5. The highest BCUT2D eigenvalue weighted by Crippen LogP contribution is 2.28. The number of hydrogen-bond acceptors (Lipinski definition) is 5. The van der Waals surface area contributed by atoms with Crippen LogP contribution in [0, 0.1) is 13.8 Å². The number of nitrogens with zero attached hydrogens (tertiary/aromatic N) is 2. The summed E-state index contributed by atoms with van der Waals surface area (Å²) in [6, 6.07) is 17.0. The summed E-state index contributed by atoms with van der Waals surface area (Å²) in [6.45, 7) is 7.28. The summed E-state index contributed by atoms with van der Waals surface area (Å²) in [4.78, 5) is 30.3. The van der Waals surface area contributed by atoms with Gasteiger partial charge in [-0.1, -0.05) is 37.1 Å². The molecule has 1 aromatic heterocycles. The Morgan fingerprint density at radius 2 is 1.59 bits per heavy atom. The van der Waals surface area contributed by atoms with Crippen LogP contribution in [0.25, 0.3) is 0 Å². The lowest BCUT2D eigenvalue weighted by molar-refractivity contribution is -0.132. The maximum absolute atomic E-state index is 13.6. The highest BCUT2D eigenvalue weighted by atomic mass is 16.5. The molecule has 0 saturated heterocycles. The largest absolute Gasteiger partial charge is 0.493 e. The van der Waals surface area contributed by atoms with Crippen LogP contribution in [0.1, 0.15) is 52.8 Å². The van der Waals surface area contributed by atoms with Crippen molar-refractivity contribution in [3.63, 3.8) is 0 Å². The van der Waals surface area contributed by atoms with E-state index in [4.69, 9.17) is 13.9 Å². The Morgan fingerprint density at radius 1 is 0.865 bits per heavy atom. The molecule has 0 bridgehead atoms. The number of ether oxygens (including phenoxy) is 2. The number of methoxy groups -OCH3 is 2. The molecule has 1 heterocycles. The smallest absolute Gasteiger partial charge is 0.254 e. The van der Waals surface area contributed by atoms with Crippen molar-refractivity contribution in [3.8, 4) is 11.5 Å². The van der Waals surface area contributed by atoms with Crippen molar-refractivity contribution in [2.24, 2.45) is 0 Å². The van der Waals surface area contributed by atoms with Gasteiger partial charge in [-0.3, -0.25) is 9.59 Å². The minimum absolute atomic E-state index is 0.0122. The van der Waals surface area contributed by atoms with Gasteiger partial charge in [0.25, 0.3) is 5.91 Å². The summed E-state index contributed by atoms with van der Waals surface area (Å²) in [7, 11) is 3.21. The highest BCUT2D eigenvalue weighted by molar-refractivity contribution is 5.96. The molecule has 3 aromatic rings. The molecule has 198 valence electrons. The molecule has 0 N–H and O–H groups in total. The van der Waals surface area contributed by atoms with Crippen LogP contribution in [0.2, 0.25) is 0 Å². The number of hydrogen-bond donors (Lipinski definition) is 0. The van der Waals surface area contributed by atoms with Crippen LogP contribution in [-0.4, -0.2) is 55.5 Å². The monoisotopic (exact) mass is 506 g/mol. The SMILES string of the molecule is CCCCN(CC(=O)N(CCc1ccc(OC)c(OC)c1)Cc1ccc(C)o1)C(=O)c1ccc(C)cc1. The number of rotatable bonds is 13. The summed E-state index contributed by atoms with van der Waals surface area (Å²) in [6.07, 6.45) is 2.38. The minimum Gasteiger partial charge on any atom is -0.493 e. The molecule has 0 aliphatic carbocycles. The zero-order valence-corrected chi connectivity index (χ0v) is 22.6. The number of furan rings is 1. The van der Waals surface area contributed by atoms with Crippen LogP contribution in [-0.2, 0) is 17.8 Å². The lowest BCUT2D eigenvalue weighted by atomic mass is 10.1. The summed E-state index contributed by atoms with van der Waals surface area (Å²) >= 11 is 0. The van der Waals surface area contributed by atoms with Crippen molar-refractivity contribution in [2.75, 3.05) is 33.9 Å². The Hall–Kier alpha value is -3.74. The van der Waals surface area contributed by atoms with Crippen LogP contribution < -0.4 is 9.47 Å². The molecule has 0 aliphatic heterocycles. The van der Waals surface area contributed by atoms with E-state index in [1.165, 1.54) is 0 Å². The van der Waals surface area contributed by atoms with E-state index in [1.54, 1.807) is 24.0 Å². The molecule has 0 atom stereocenters. The highest BCUT2D eigenvalue weighted by Gasteiger charge is 2.23. The van der Waals surface area contributed by atoms with Gasteiger partial charge in [0.1, 0.15) is 18.1 Å². The van der Waals surface area contributed by atoms with Gasteiger partial charge in [-0.15, -0.1) is 0 Å². The second-order valence-electron chi connectivity index (χ2n) is 9.21. The van der Waals surface area contributed by atoms with E-state index < -0.39 is 0 Å². The van der Waals surface area contributed by atoms with Crippen LogP contribution in [0.3, 0.4) is 0 Å². The summed E-state index contributed by atoms with van der Waals surface area (Å²) in [5, 5.41) is 0. The van der Waals surface area contributed by atoms with Crippen LogP contribution in [0.15, 0.2) is 59.0 Å². The zero-order chi connectivity index (χ0) is 26.8. The van der Waals surface area contributed by atoms with Crippen LogP contribution in [0.5, 0.6) is 11.5 Å². The van der Waals surface area contributed by atoms with Crippen molar-refractivity contribution in [2.45, 2.75) is 46.6 Å². The third-order valence-corrected chi connectivity index (χ3v) is 6.31. The number of aryl methyl sites for hydroxylation is 2. The second kappa shape index (κ2) is 13.5. The van der Waals surface area contributed by atoms with E-state index in [2.05, 4.69) is 6.92 Å². The van der Waals surface area contributed by atoms with Crippen molar-refractivity contribution in [3.05, 3.63) is 82.8 Å². The first-order valence-corrected chi connectivity index (χ1v) is 12.7. The maximum Gasteiger partial charge on any atom is 0.254 e. The van der Waals surface area contributed by atoms with Gasteiger partial charge in [0.05, 0.1) is 20.8 Å². The lowest BCUT2D eigenvalue weighted by Gasteiger charge is -2.27. The van der Waals surface area contributed by atoms with E-state index in [-0.39, 0.29) is 18.4 Å². The topological polar surface area (TPSA) is 72.2 Å². The summed E-state index contributed by atoms with van der Waals surface area (Å²) < 4.78 is 16.5. The van der Waals surface area contributed by atoms with Gasteiger partial charge in [-0.25, -0.2) is 0 Å². The predicted molar refractivity (Wildman–Crippen MR) is 144 cm³/mol. The molecule has 0 fully saturated rings. The maximum atomic E-state index is 13.6. The van der Waals surface area contributed by atoms with Crippen molar-refractivity contribution in [1.29, 1.82) is 0 Å². The number of carbonyl (C=O) groups is 2. The first-order valence-electron chi connectivity index (χ1n) is 12.7. The average Bonchev–Trinajstić information content (AvgIpc) is 3.32. The van der Waals surface area contributed by atoms with E-state index in [0.717, 1.165) is 29.7 Å². The standard InChI is InChI=1S/C30H38N2O5/c1-6-7-17-32(30(34)25-12-8-22(2)9-13-25)21-29(33)31(20-26-14-10-23(3)37-26)18-16-24-11-15-27(35-4)28(19-24)36-5/h8-15,19H,6-7,16-18,20-21H2,1-5H3. The Balaban J connectivity index is 1.78. The summed E-state index contributed by atoms with van der Waals surface area (Å²) in [5.74, 6) is 2.56. The first-order chi connectivity index (χ1) is 17.8. The lowest BCUT2D eigenvalue weighted by Crippen LogP contribution is -2.43. The van der Waals surface area contributed by atoms with Crippen LogP contribution >= 0.6 is 0 Å². The second-order valence-corrected chi connectivity index (χ2v) is 9.21. The molecule has 7 nitrogen and oxygen atoms in total. The van der Waals surface area contributed by atoms with Gasteiger partial charge >= 0.3 is 0 Å². The Morgan fingerprint density at radius 3 is 2.22 bits per heavy atom. The zero-order valence-electron chi connectivity index (χ0n) is 22.6. The quantitative estimate of drug-likeness (QED) is 0.309. The van der Waals surface area contributed by atoms with E-state index in [0.29, 0.717) is 48.9 Å². The van der Waals surface area contributed by atoms with Gasteiger partial charge in [-0.2, -0.15) is 0 Å². The fraction of sp³-hybridized carbons (Fsp3) is 0.400. The average molecular weight is 507 g/mol. The normalized spacial score (nSPS) is 10.7. The van der Waals surface area contributed by atoms with E-state index >= 15 is 0 Å². The molecule has 0 saturated carbocycles. The van der Waals surface area contributed by atoms with E-state index in [9.17, 15) is 9.59 Å². The Labute approximate surface area is 220 Å². The molecule has 3 rings (SSSR count). The number of amides is 2. The molecular weight excluding hydrogens is 468 g/mol. The fourth-order valence-corrected chi connectivity index (χ4v) is 4.09. The molecule has 2 amide bonds. The molecule has 0 spiro atoms. The molecule has 0 unspecified atom stereocenters. The number of benzene rings is 2. The third kappa shape index (κ3) is 7.87. The van der Waals surface area contributed by atoms with Gasteiger partial charge < -0.3 is 23.7 Å². The first kappa shape index (κ1) is 27.8. The van der Waals surface area contributed by atoms with Gasteiger partial charge in [0.2, 0.25) is 5.91 Å². The van der Waals surface area contributed by atoms with Gasteiger partial charge in [0, 0.05) is 18.7 Å². The minimum atomic E-state index is -0.129. The van der Waals surface area contributed by atoms with Crippen molar-refractivity contribution in [1.82, 2.24) is 9.80 Å². The Kier molecular flexibility index (Phi) is 10.2.